The van der Waals surface area contributed by atoms with Gasteiger partial charge in [0.25, 0.3) is 0 Å². The molecule has 1 aromatic heterocycles. The Morgan fingerprint density at radius 3 is 2.79 bits per heavy atom. The van der Waals surface area contributed by atoms with Crippen LogP contribution in [0.25, 0.3) is 0 Å². The molecule has 0 radical (unpaired) electrons. The fourth-order valence-corrected chi connectivity index (χ4v) is 1.29. The number of nitrogens with one attached hydrogen (secondary N) is 1. The summed E-state index contributed by atoms with van der Waals surface area (Å²) in [7, 11) is 0. The van der Waals surface area contributed by atoms with Crippen LogP contribution in [0.2, 0.25) is 0 Å². The summed E-state index contributed by atoms with van der Waals surface area (Å²) in [6, 6.07) is 3.96. The summed E-state index contributed by atoms with van der Waals surface area (Å²) in [6.45, 7) is 6.32. The van der Waals surface area contributed by atoms with E-state index in [2.05, 4.69) is 10.3 Å². The molecule has 3 heteroatoms. The molecule has 0 aromatic carbocycles. The van der Waals surface area contributed by atoms with Crippen LogP contribution in [0.15, 0.2) is 18.3 Å². The van der Waals surface area contributed by atoms with E-state index in [1.807, 2.05) is 32.9 Å². The van der Waals surface area contributed by atoms with Crippen molar-refractivity contribution in [2.24, 2.45) is 0 Å². The van der Waals surface area contributed by atoms with Crippen LogP contribution in [-0.2, 0) is 0 Å². The molecule has 0 bridgehead atoms. The first kappa shape index (κ1) is 11.0. The van der Waals surface area contributed by atoms with Gasteiger partial charge in [-0.15, -0.1) is 0 Å². The van der Waals surface area contributed by atoms with Crippen molar-refractivity contribution in [3.05, 3.63) is 23.9 Å². The minimum Gasteiger partial charge on any atom is -0.396 e. The van der Waals surface area contributed by atoms with Crippen molar-refractivity contribution in [1.82, 2.24) is 4.98 Å². The van der Waals surface area contributed by atoms with Crippen molar-refractivity contribution in [2.45, 2.75) is 32.7 Å². The molecule has 0 unspecified atom stereocenters. The van der Waals surface area contributed by atoms with Crippen LogP contribution in [0.1, 0.15) is 25.8 Å². The second-order valence-electron chi connectivity index (χ2n) is 4.20. The molecule has 0 atom stereocenters. The lowest BCUT2D eigenvalue weighted by atomic mass is 10.0. The number of aliphatic hydroxyl groups is 1. The van der Waals surface area contributed by atoms with Crippen LogP contribution in [-0.4, -0.2) is 22.2 Å². The molecule has 78 valence electrons. The van der Waals surface area contributed by atoms with Crippen molar-refractivity contribution in [3.63, 3.8) is 0 Å². The van der Waals surface area contributed by atoms with Gasteiger partial charge in [0.2, 0.25) is 0 Å². The van der Waals surface area contributed by atoms with Gasteiger partial charge in [-0.05, 0) is 44.9 Å². The van der Waals surface area contributed by atoms with Gasteiger partial charge in [0.15, 0.2) is 0 Å². The molecule has 1 aromatic rings. The van der Waals surface area contributed by atoms with Crippen molar-refractivity contribution in [3.8, 4) is 0 Å². The quantitative estimate of drug-likeness (QED) is 0.770. The average molecular weight is 194 g/mol. The highest BCUT2D eigenvalue weighted by Crippen LogP contribution is 2.16. The highest BCUT2D eigenvalue weighted by Gasteiger charge is 2.16. The number of aliphatic hydroxyl groups excluding tert-OH is 1. The Hall–Kier alpha value is -1.09. The maximum Gasteiger partial charge on any atom is 0.126 e. The fraction of sp³-hybridized carbons (Fsp3) is 0.545. The van der Waals surface area contributed by atoms with Crippen molar-refractivity contribution >= 4 is 5.82 Å². The normalized spacial score (nSPS) is 11.4. The molecular weight excluding hydrogens is 176 g/mol. The summed E-state index contributed by atoms with van der Waals surface area (Å²) in [5, 5.41) is 12.2. The van der Waals surface area contributed by atoms with E-state index in [9.17, 15) is 0 Å². The lowest BCUT2D eigenvalue weighted by Crippen LogP contribution is -2.32. The highest BCUT2D eigenvalue weighted by molar-refractivity contribution is 5.39. The molecule has 0 saturated carbocycles. The molecule has 0 amide bonds. The SMILES string of the molecule is Cc1ccnc(NC(C)(C)CCO)c1. The van der Waals surface area contributed by atoms with E-state index in [1.165, 1.54) is 5.56 Å². The maximum atomic E-state index is 8.87. The zero-order chi connectivity index (χ0) is 10.6. The van der Waals surface area contributed by atoms with Gasteiger partial charge in [-0.25, -0.2) is 4.98 Å². The largest absolute Gasteiger partial charge is 0.396 e. The highest BCUT2D eigenvalue weighted by atomic mass is 16.3. The Morgan fingerprint density at radius 1 is 1.50 bits per heavy atom. The number of hydrogen-bond donors (Lipinski definition) is 2. The van der Waals surface area contributed by atoms with E-state index in [-0.39, 0.29) is 12.1 Å². The molecule has 0 aliphatic rings. The fourth-order valence-electron chi connectivity index (χ4n) is 1.29. The smallest absolute Gasteiger partial charge is 0.126 e. The first-order chi connectivity index (χ1) is 6.53. The van der Waals surface area contributed by atoms with Gasteiger partial charge < -0.3 is 10.4 Å². The maximum absolute atomic E-state index is 8.87. The molecule has 14 heavy (non-hydrogen) atoms. The van der Waals surface area contributed by atoms with E-state index >= 15 is 0 Å². The molecule has 0 saturated heterocycles. The number of pyridine rings is 1. The van der Waals surface area contributed by atoms with Gasteiger partial charge in [0.1, 0.15) is 5.82 Å². The summed E-state index contributed by atoms with van der Waals surface area (Å²) < 4.78 is 0. The summed E-state index contributed by atoms with van der Waals surface area (Å²) in [5.74, 6) is 0.864. The Bertz CT molecular complexity index is 297. The standard InChI is InChI=1S/C11H18N2O/c1-9-4-6-12-10(8-9)13-11(2,3)5-7-14/h4,6,8,14H,5,7H2,1-3H3,(H,12,13). The number of nitrogens with zero attached hydrogens (tertiary/aromatic N) is 1. The first-order valence-electron chi connectivity index (χ1n) is 4.85. The van der Waals surface area contributed by atoms with Crippen LogP contribution in [0.5, 0.6) is 0 Å². The van der Waals surface area contributed by atoms with Gasteiger partial charge in [0, 0.05) is 18.3 Å². The molecule has 0 spiro atoms. The van der Waals surface area contributed by atoms with Crippen molar-refractivity contribution < 1.29 is 5.11 Å². The summed E-state index contributed by atoms with van der Waals surface area (Å²) in [6.07, 6.45) is 2.50. The third-order valence-corrected chi connectivity index (χ3v) is 2.12. The zero-order valence-corrected chi connectivity index (χ0v) is 9.04. The Balaban J connectivity index is 2.68. The summed E-state index contributed by atoms with van der Waals surface area (Å²) in [4.78, 5) is 4.21. The lowest BCUT2D eigenvalue weighted by molar-refractivity contribution is 0.260. The Kier molecular flexibility index (Phi) is 3.47. The van der Waals surface area contributed by atoms with Gasteiger partial charge in [-0.1, -0.05) is 0 Å². The monoisotopic (exact) mass is 194 g/mol. The van der Waals surface area contributed by atoms with Gasteiger partial charge >= 0.3 is 0 Å². The molecule has 2 N–H and O–H groups in total. The van der Waals surface area contributed by atoms with Crippen molar-refractivity contribution in [2.75, 3.05) is 11.9 Å². The zero-order valence-electron chi connectivity index (χ0n) is 9.04. The minimum atomic E-state index is -0.116. The second-order valence-corrected chi connectivity index (χ2v) is 4.20. The van der Waals surface area contributed by atoms with Crippen LogP contribution in [0, 0.1) is 6.92 Å². The van der Waals surface area contributed by atoms with Crippen LogP contribution in [0.4, 0.5) is 5.82 Å². The third-order valence-electron chi connectivity index (χ3n) is 2.12. The number of aromatic nitrogens is 1. The van der Waals surface area contributed by atoms with E-state index in [1.54, 1.807) is 6.20 Å². The van der Waals surface area contributed by atoms with E-state index in [4.69, 9.17) is 5.11 Å². The molecule has 3 nitrogen and oxygen atoms in total. The predicted molar refractivity (Wildman–Crippen MR) is 58.4 cm³/mol. The van der Waals surface area contributed by atoms with Crippen molar-refractivity contribution in [1.29, 1.82) is 0 Å². The summed E-state index contributed by atoms with van der Waals surface area (Å²) >= 11 is 0. The Morgan fingerprint density at radius 2 is 2.21 bits per heavy atom. The molecule has 0 aliphatic heterocycles. The molecular formula is C11H18N2O. The number of hydrogen-bond acceptors (Lipinski definition) is 3. The molecule has 0 aliphatic carbocycles. The van der Waals surface area contributed by atoms with Gasteiger partial charge in [-0.2, -0.15) is 0 Å². The van der Waals surface area contributed by atoms with E-state index in [0.29, 0.717) is 6.42 Å². The van der Waals surface area contributed by atoms with E-state index in [0.717, 1.165) is 5.82 Å². The van der Waals surface area contributed by atoms with Crippen LogP contribution >= 0.6 is 0 Å². The third kappa shape index (κ3) is 3.34. The summed E-state index contributed by atoms with van der Waals surface area (Å²) in [5.41, 5.74) is 1.07. The molecule has 1 heterocycles. The second kappa shape index (κ2) is 4.42. The van der Waals surface area contributed by atoms with Crippen LogP contribution in [0.3, 0.4) is 0 Å². The predicted octanol–water partition coefficient (Wildman–Crippen LogP) is 1.96. The number of anilines is 1. The first-order valence-corrected chi connectivity index (χ1v) is 4.85. The van der Waals surface area contributed by atoms with Gasteiger partial charge in [0.05, 0.1) is 0 Å². The Labute approximate surface area is 85.2 Å². The van der Waals surface area contributed by atoms with Crippen LogP contribution < -0.4 is 5.32 Å². The van der Waals surface area contributed by atoms with Gasteiger partial charge in [-0.3, -0.25) is 0 Å². The average Bonchev–Trinajstić information content (AvgIpc) is 2.02. The van der Waals surface area contributed by atoms with E-state index < -0.39 is 0 Å². The topological polar surface area (TPSA) is 45.2 Å². The lowest BCUT2D eigenvalue weighted by Gasteiger charge is -2.26. The minimum absolute atomic E-state index is 0.116. The number of aryl methyl sites for hydroxylation is 1. The molecule has 0 fully saturated rings. The molecule has 1 rings (SSSR count). The number of rotatable bonds is 4.